The lowest BCUT2D eigenvalue weighted by Crippen LogP contribution is -2.22. The molecule has 0 radical (unpaired) electrons. The molecular weight excluding hydrogens is 176 g/mol. The van der Waals surface area contributed by atoms with Gasteiger partial charge in [-0.05, 0) is 26.3 Å². The van der Waals surface area contributed by atoms with Crippen LogP contribution in [0, 0.1) is 13.8 Å². The van der Waals surface area contributed by atoms with Crippen LogP contribution < -0.4 is 10.6 Å². The SMILES string of the molecule is CCN(C)c1nnc(C)c(C)c1CN. The van der Waals surface area contributed by atoms with Crippen LogP contribution in [0.5, 0.6) is 0 Å². The summed E-state index contributed by atoms with van der Waals surface area (Å²) in [6.07, 6.45) is 0. The number of aromatic nitrogens is 2. The van der Waals surface area contributed by atoms with Gasteiger partial charge in [-0.2, -0.15) is 5.10 Å². The molecule has 78 valence electrons. The highest BCUT2D eigenvalue weighted by Gasteiger charge is 2.11. The van der Waals surface area contributed by atoms with Crippen molar-refractivity contribution in [3.05, 3.63) is 16.8 Å². The molecule has 0 aliphatic rings. The minimum absolute atomic E-state index is 0.516. The third-order valence-electron chi connectivity index (χ3n) is 2.60. The molecule has 0 unspecified atom stereocenters. The van der Waals surface area contributed by atoms with Crippen molar-refractivity contribution in [1.29, 1.82) is 0 Å². The van der Waals surface area contributed by atoms with Crippen LogP contribution >= 0.6 is 0 Å². The van der Waals surface area contributed by atoms with Gasteiger partial charge in [0.15, 0.2) is 5.82 Å². The first-order chi connectivity index (χ1) is 6.61. The summed E-state index contributed by atoms with van der Waals surface area (Å²) in [5.74, 6) is 0.901. The Labute approximate surface area is 85.1 Å². The molecule has 0 saturated heterocycles. The Morgan fingerprint density at radius 3 is 2.43 bits per heavy atom. The number of hydrogen-bond donors (Lipinski definition) is 1. The molecule has 0 bridgehead atoms. The highest BCUT2D eigenvalue weighted by molar-refractivity contribution is 5.49. The minimum atomic E-state index is 0.516. The molecule has 0 aromatic carbocycles. The van der Waals surface area contributed by atoms with E-state index < -0.39 is 0 Å². The predicted octanol–water partition coefficient (Wildman–Crippen LogP) is 1.01. The molecule has 4 nitrogen and oxygen atoms in total. The first-order valence-electron chi connectivity index (χ1n) is 4.85. The largest absolute Gasteiger partial charge is 0.358 e. The van der Waals surface area contributed by atoms with Crippen LogP contribution in [0.25, 0.3) is 0 Å². The van der Waals surface area contributed by atoms with E-state index in [-0.39, 0.29) is 0 Å². The van der Waals surface area contributed by atoms with Crippen molar-refractivity contribution >= 4 is 5.82 Å². The van der Waals surface area contributed by atoms with E-state index in [1.807, 2.05) is 20.9 Å². The number of anilines is 1. The van der Waals surface area contributed by atoms with Crippen molar-refractivity contribution in [3.8, 4) is 0 Å². The average Bonchev–Trinajstić information content (AvgIpc) is 2.20. The van der Waals surface area contributed by atoms with Crippen LogP contribution in [-0.2, 0) is 6.54 Å². The third kappa shape index (κ3) is 1.85. The Morgan fingerprint density at radius 2 is 1.93 bits per heavy atom. The Balaban J connectivity index is 3.23. The molecule has 0 spiro atoms. The predicted molar refractivity (Wildman–Crippen MR) is 58.3 cm³/mol. The van der Waals surface area contributed by atoms with E-state index >= 15 is 0 Å². The summed E-state index contributed by atoms with van der Waals surface area (Å²) in [5, 5.41) is 8.29. The standard InChI is InChI=1S/C10H18N4/c1-5-14(4)10-9(6-11)7(2)8(3)12-13-10/h5-6,11H2,1-4H3. The van der Waals surface area contributed by atoms with E-state index in [1.54, 1.807) is 0 Å². The highest BCUT2D eigenvalue weighted by Crippen LogP contribution is 2.20. The van der Waals surface area contributed by atoms with E-state index in [0.717, 1.165) is 29.2 Å². The quantitative estimate of drug-likeness (QED) is 0.780. The van der Waals surface area contributed by atoms with Crippen LogP contribution in [0.3, 0.4) is 0 Å². The van der Waals surface area contributed by atoms with Gasteiger partial charge in [-0.3, -0.25) is 0 Å². The maximum absolute atomic E-state index is 5.72. The first kappa shape index (κ1) is 10.9. The molecule has 0 aliphatic heterocycles. The maximum atomic E-state index is 5.72. The molecule has 2 N–H and O–H groups in total. The lowest BCUT2D eigenvalue weighted by molar-refractivity contribution is 0.841. The molecular formula is C10H18N4. The minimum Gasteiger partial charge on any atom is -0.358 e. The van der Waals surface area contributed by atoms with E-state index in [4.69, 9.17) is 5.73 Å². The van der Waals surface area contributed by atoms with E-state index in [0.29, 0.717) is 6.54 Å². The molecule has 4 heteroatoms. The highest BCUT2D eigenvalue weighted by atomic mass is 15.2. The van der Waals surface area contributed by atoms with E-state index in [2.05, 4.69) is 22.0 Å². The molecule has 0 atom stereocenters. The zero-order valence-corrected chi connectivity index (χ0v) is 9.33. The molecule has 1 aromatic heterocycles. The zero-order valence-electron chi connectivity index (χ0n) is 9.33. The monoisotopic (exact) mass is 194 g/mol. The van der Waals surface area contributed by atoms with Gasteiger partial charge in [-0.25, -0.2) is 0 Å². The molecule has 1 aromatic rings. The second-order valence-electron chi connectivity index (χ2n) is 3.43. The van der Waals surface area contributed by atoms with Crippen molar-refractivity contribution < 1.29 is 0 Å². The summed E-state index contributed by atoms with van der Waals surface area (Å²) in [6, 6.07) is 0. The van der Waals surface area contributed by atoms with Crippen molar-refractivity contribution in [3.63, 3.8) is 0 Å². The molecule has 0 saturated carbocycles. The third-order valence-corrected chi connectivity index (χ3v) is 2.60. The van der Waals surface area contributed by atoms with Gasteiger partial charge in [-0.1, -0.05) is 0 Å². The van der Waals surface area contributed by atoms with Crippen LogP contribution in [0.15, 0.2) is 0 Å². The molecule has 1 rings (SSSR count). The number of rotatable bonds is 3. The smallest absolute Gasteiger partial charge is 0.155 e. The van der Waals surface area contributed by atoms with Crippen molar-refractivity contribution in [2.75, 3.05) is 18.5 Å². The van der Waals surface area contributed by atoms with Crippen molar-refractivity contribution in [2.24, 2.45) is 5.73 Å². The zero-order chi connectivity index (χ0) is 10.7. The lowest BCUT2D eigenvalue weighted by atomic mass is 10.1. The van der Waals surface area contributed by atoms with Crippen LogP contribution in [0.2, 0.25) is 0 Å². The van der Waals surface area contributed by atoms with Gasteiger partial charge in [-0.15, -0.1) is 5.10 Å². The summed E-state index contributed by atoms with van der Waals surface area (Å²) in [5.41, 5.74) is 8.93. The number of nitrogens with two attached hydrogens (primary N) is 1. The topological polar surface area (TPSA) is 55.0 Å². The van der Waals surface area contributed by atoms with Crippen molar-refractivity contribution in [1.82, 2.24) is 10.2 Å². The molecule has 14 heavy (non-hydrogen) atoms. The van der Waals surface area contributed by atoms with Gasteiger partial charge >= 0.3 is 0 Å². The van der Waals surface area contributed by atoms with Gasteiger partial charge in [0.25, 0.3) is 0 Å². The van der Waals surface area contributed by atoms with Crippen LogP contribution in [0.4, 0.5) is 5.82 Å². The van der Waals surface area contributed by atoms with Gasteiger partial charge < -0.3 is 10.6 Å². The van der Waals surface area contributed by atoms with Gasteiger partial charge in [0, 0.05) is 25.7 Å². The number of hydrogen-bond acceptors (Lipinski definition) is 4. The summed E-state index contributed by atoms with van der Waals surface area (Å²) in [4.78, 5) is 2.06. The molecule has 0 fully saturated rings. The molecule has 0 amide bonds. The van der Waals surface area contributed by atoms with E-state index in [9.17, 15) is 0 Å². The summed E-state index contributed by atoms with van der Waals surface area (Å²) < 4.78 is 0. The van der Waals surface area contributed by atoms with Crippen molar-refractivity contribution in [2.45, 2.75) is 27.3 Å². The fraction of sp³-hybridized carbons (Fsp3) is 0.600. The Hall–Kier alpha value is -1.16. The maximum Gasteiger partial charge on any atom is 0.155 e. The van der Waals surface area contributed by atoms with Crippen LogP contribution in [0.1, 0.15) is 23.7 Å². The Morgan fingerprint density at radius 1 is 1.29 bits per heavy atom. The first-order valence-corrected chi connectivity index (χ1v) is 4.85. The molecule has 0 aliphatic carbocycles. The van der Waals surface area contributed by atoms with Crippen LogP contribution in [-0.4, -0.2) is 23.8 Å². The average molecular weight is 194 g/mol. The second kappa shape index (κ2) is 4.37. The normalized spacial score (nSPS) is 10.4. The fourth-order valence-corrected chi connectivity index (χ4v) is 1.34. The number of aryl methyl sites for hydroxylation is 1. The fourth-order valence-electron chi connectivity index (χ4n) is 1.34. The Bertz CT molecular complexity index is 322. The Kier molecular flexibility index (Phi) is 3.41. The number of nitrogens with zero attached hydrogens (tertiary/aromatic N) is 3. The van der Waals surface area contributed by atoms with Gasteiger partial charge in [0.1, 0.15) is 0 Å². The second-order valence-corrected chi connectivity index (χ2v) is 3.43. The summed E-state index contributed by atoms with van der Waals surface area (Å²) in [7, 11) is 2.00. The summed E-state index contributed by atoms with van der Waals surface area (Å²) >= 11 is 0. The van der Waals surface area contributed by atoms with Gasteiger partial charge in [0.2, 0.25) is 0 Å². The lowest BCUT2D eigenvalue weighted by Gasteiger charge is -2.19. The van der Waals surface area contributed by atoms with Gasteiger partial charge in [0.05, 0.1) is 5.69 Å². The summed E-state index contributed by atoms with van der Waals surface area (Å²) in [6.45, 7) is 7.50. The molecule has 1 heterocycles. The van der Waals surface area contributed by atoms with E-state index in [1.165, 1.54) is 0 Å².